The Kier molecular flexibility index (Phi) is 5.99. The van der Waals surface area contributed by atoms with Crippen molar-refractivity contribution < 1.29 is 13.9 Å². The second kappa shape index (κ2) is 8.86. The van der Waals surface area contributed by atoms with Crippen LogP contribution >= 0.6 is 0 Å². The van der Waals surface area contributed by atoms with Crippen molar-refractivity contribution in [1.29, 1.82) is 0 Å². The first-order valence-electron chi connectivity index (χ1n) is 10.7. The van der Waals surface area contributed by atoms with E-state index in [1.165, 1.54) is 6.07 Å². The van der Waals surface area contributed by atoms with Crippen molar-refractivity contribution in [3.05, 3.63) is 69.8 Å². The van der Waals surface area contributed by atoms with E-state index in [2.05, 4.69) is 29.1 Å². The SMILES string of the molecule is COc1cc2oc(=O)cc(C)c2cc1CCC(=O)NC(c1nc2ccccc2[nH]1)C(C)C. The zero-order valence-electron chi connectivity index (χ0n) is 18.7. The predicted molar refractivity (Wildman–Crippen MR) is 124 cm³/mol. The molecule has 1 unspecified atom stereocenters. The number of carbonyl (C=O) groups is 1. The Bertz CT molecular complexity index is 1300. The number of carbonyl (C=O) groups excluding carboxylic acids is 1. The quantitative estimate of drug-likeness (QED) is 0.420. The minimum absolute atomic E-state index is 0.0670. The van der Waals surface area contributed by atoms with Crippen molar-refractivity contribution >= 4 is 27.9 Å². The molecule has 32 heavy (non-hydrogen) atoms. The van der Waals surface area contributed by atoms with Crippen LogP contribution in [-0.4, -0.2) is 23.0 Å². The van der Waals surface area contributed by atoms with Crippen molar-refractivity contribution in [1.82, 2.24) is 15.3 Å². The number of hydrogen-bond donors (Lipinski definition) is 2. The Hall–Kier alpha value is -3.61. The minimum atomic E-state index is -0.394. The molecule has 0 fully saturated rings. The number of fused-ring (bicyclic) bond motifs is 2. The van der Waals surface area contributed by atoms with Crippen LogP contribution in [0.5, 0.6) is 5.75 Å². The van der Waals surface area contributed by atoms with Crippen LogP contribution in [0.3, 0.4) is 0 Å². The molecule has 0 aliphatic carbocycles. The molecule has 1 atom stereocenters. The Morgan fingerprint density at radius 3 is 2.72 bits per heavy atom. The summed E-state index contributed by atoms with van der Waals surface area (Å²) in [5, 5.41) is 3.96. The van der Waals surface area contributed by atoms with E-state index in [1.54, 1.807) is 13.2 Å². The normalized spacial score (nSPS) is 12.4. The summed E-state index contributed by atoms with van der Waals surface area (Å²) < 4.78 is 10.8. The standard InChI is InChI=1S/C25H27N3O4/c1-14(2)24(25-26-18-7-5-6-8-19(18)27-25)28-22(29)10-9-16-12-17-15(3)11-23(30)32-21(17)13-20(16)31-4/h5-8,11-14,24H,9-10H2,1-4H3,(H,26,27)(H,28,29). The van der Waals surface area contributed by atoms with Crippen molar-refractivity contribution in [2.45, 2.75) is 39.7 Å². The van der Waals surface area contributed by atoms with Gasteiger partial charge in [0.1, 0.15) is 17.2 Å². The number of aryl methyl sites for hydroxylation is 2. The van der Waals surface area contributed by atoms with Gasteiger partial charge in [-0.2, -0.15) is 0 Å². The molecular formula is C25H27N3O4. The van der Waals surface area contributed by atoms with Crippen LogP contribution in [0.1, 0.15) is 43.3 Å². The van der Waals surface area contributed by atoms with Gasteiger partial charge in [0.15, 0.2) is 0 Å². The molecule has 4 rings (SSSR count). The fourth-order valence-electron chi connectivity index (χ4n) is 3.94. The maximum Gasteiger partial charge on any atom is 0.336 e. The maximum atomic E-state index is 12.8. The van der Waals surface area contributed by atoms with Gasteiger partial charge >= 0.3 is 5.63 Å². The summed E-state index contributed by atoms with van der Waals surface area (Å²) in [5.41, 5.74) is 3.63. The molecule has 2 heterocycles. The van der Waals surface area contributed by atoms with Gasteiger partial charge in [0.05, 0.1) is 24.2 Å². The monoisotopic (exact) mass is 433 g/mol. The van der Waals surface area contributed by atoms with Gasteiger partial charge < -0.3 is 19.5 Å². The Morgan fingerprint density at radius 1 is 1.22 bits per heavy atom. The lowest BCUT2D eigenvalue weighted by Gasteiger charge is -2.20. The zero-order valence-corrected chi connectivity index (χ0v) is 18.7. The lowest BCUT2D eigenvalue weighted by atomic mass is 10.0. The molecule has 7 nitrogen and oxygen atoms in total. The van der Waals surface area contributed by atoms with E-state index in [1.807, 2.05) is 37.3 Å². The van der Waals surface area contributed by atoms with E-state index >= 15 is 0 Å². The molecule has 4 aromatic rings. The zero-order chi connectivity index (χ0) is 22.8. The second-order valence-electron chi connectivity index (χ2n) is 8.34. The summed E-state index contributed by atoms with van der Waals surface area (Å²) in [7, 11) is 1.56. The highest BCUT2D eigenvalue weighted by atomic mass is 16.5. The molecule has 0 saturated heterocycles. The maximum absolute atomic E-state index is 12.8. The summed E-state index contributed by atoms with van der Waals surface area (Å²) in [4.78, 5) is 32.5. The van der Waals surface area contributed by atoms with Crippen LogP contribution in [0.4, 0.5) is 0 Å². The third-order valence-corrected chi connectivity index (χ3v) is 5.66. The molecule has 1 amide bonds. The van der Waals surface area contributed by atoms with Gasteiger partial charge in [0, 0.05) is 23.9 Å². The summed E-state index contributed by atoms with van der Waals surface area (Å²) in [6.07, 6.45) is 0.787. The lowest BCUT2D eigenvalue weighted by Crippen LogP contribution is -2.32. The number of methoxy groups -OCH3 is 1. The number of para-hydroxylation sites is 2. The summed E-state index contributed by atoms with van der Waals surface area (Å²) >= 11 is 0. The van der Waals surface area contributed by atoms with Crippen LogP contribution in [0.2, 0.25) is 0 Å². The molecule has 0 radical (unpaired) electrons. The number of aromatic amines is 1. The molecule has 0 bridgehead atoms. The number of hydrogen-bond acceptors (Lipinski definition) is 5. The number of ether oxygens (including phenoxy) is 1. The largest absolute Gasteiger partial charge is 0.496 e. The van der Waals surface area contributed by atoms with Gasteiger partial charge in [-0.25, -0.2) is 9.78 Å². The highest BCUT2D eigenvalue weighted by Gasteiger charge is 2.22. The van der Waals surface area contributed by atoms with Crippen molar-refractivity contribution in [2.24, 2.45) is 5.92 Å². The molecule has 0 aliphatic heterocycles. The molecular weight excluding hydrogens is 406 g/mol. The highest BCUT2D eigenvalue weighted by molar-refractivity contribution is 5.83. The number of nitrogens with one attached hydrogen (secondary N) is 2. The average Bonchev–Trinajstić information content (AvgIpc) is 3.19. The lowest BCUT2D eigenvalue weighted by molar-refractivity contribution is -0.122. The van der Waals surface area contributed by atoms with Gasteiger partial charge in [-0.3, -0.25) is 4.79 Å². The van der Waals surface area contributed by atoms with Crippen molar-refractivity contribution in [2.75, 3.05) is 7.11 Å². The van der Waals surface area contributed by atoms with Gasteiger partial charge in [0.25, 0.3) is 0 Å². The summed E-state index contributed by atoms with van der Waals surface area (Å²) in [6, 6.07) is 12.7. The topological polar surface area (TPSA) is 97.2 Å². The van der Waals surface area contributed by atoms with E-state index < -0.39 is 5.63 Å². The van der Waals surface area contributed by atoms with Crippen LogP contribution in [0.25, 0.3) is 22.0 Å². The summed E-state index contributed by atoms with van der Waals surface area (Å²) in [6.45, 7) is 5.98. The van der Waals surface area contributed by atoms with E-state index in [4.69, 9.17) is 9.15 Å². The number of rotatable bonds is 7. The highest BCUT2D eigenvalue weighted by Crippen LogP contribution is 2.28. The van der Waals surface area contributed by atoms with E-state index in [0.29, 0.717) is 24.2 Å². The van der Waals surface area contributed by atoms with Gasteiger partial charge in [-0.05, 0) is 48.6 Å². The minimum Gasteiger partial charge on any atom is -0.496 e. The first-order chi connectivity index (χ1) is 15.4. The Labute approximate surface area is 185 Å². The average molecular weight is 434 g/mol. The molecule has 0 spiro atoms. The molecule has 0 aliphatic rings. The Morgan fingerprint density at radius 2 is 2.00 bits per heavy atom. The molecule has 2 aromatic heterocycles. The smallest absolute Gasteiger partial charge is 0.336 e. The third kappa shape index (κ3) is 4.37. The van der Waals surface area contributed by atoms with Crippen LogP contribution in [0.15, 0.2) is 51.7 Å². The van der Waals surface area contributed by atoms with Crippen molar-refractivity contribution in [3.8, 4) is 5.75 Å². The fraction of sp³-hybridized carbons (Fsp3) is 0.320. The van der Waals surface area contributed by atoms with Gasteiger partial charge in [-0.15, -0.1) is 0 Å². The number of aromatic nitrogens is 2. The van der Waals surface area contributed by atoms with E-state index in [-0.39, 0.29) is 17.9 Å². The van der Waals surface area contributed by atoms with Gasteiger partial charge in [-0.1, -0.05) is 26.0 Å². The third-order valence-electron chi connectivity index (χ3n) is 5.66. The van der Waals surface area contributed by atoms with Crippen LogP contribution in [0, 0.1) is 12.8 Å². The first kappa shape index (κ1) is 21.6. The molecule has 7 heteroatoms. The molecule has 2 aromatic carbocycles. The summed E-state index contributed by atoms with van der Waals surface area (Å²) in [5.74, 6) is 1.45. The number of benzene rings is 2. The number of nitrogens with zero attached hydrogens (tertiary/aromatic N) is 1. The first-order valence-corrected chi connectivity index (χ1v) is 10.7. The second-order valence-corrected chi connectivity index (χ2v) is 8.34. The Balaban J connectivity index is 1.52. The van der Waals surface area contributed by atoms with E-state index in [9.17, 15) is 9.59 Å². The van der Waals surface area contributed by atoms with Crippen LogP contribution < -0.4 is 15.7 Å². The molecule has 0 saturated carbocycles. The van der Waals surface area contributed by atoms with Gasteiger partial charge in [0.2, 0.25) is 5.91 Å². The van der Waals surface area contributed by atoms with Crippen LogP contribution in [-0.2, 0) is 11.2 Å². The number of H-pyrrole nitrogens is 1. The van der Waals surface area contributed by atoms with E-state index in [0.717, 1.165) is 33.4 Å². The predicted octanol–water partition coefficient (Wildman–Crippen LogP) is 4.43. The number of amides is 1. The van der Waals surface area contributed by atoms with Crippen molar-refractivity contribution in [3.63, 3.8) is 0 Å². The number of imidazole rings is 1. The fourth-order valence-corrected chi connectivity index (χ4v) is 3.94. The molecule has 2 N–H and O–H groups in total. The molecule has 166 valence electrons.